The van der Waals surface area contributed by atoms with Crippen LogP contribution in [0.15, 0.2) is 41.5 Å². The summed E-state index contributed by atoms with van der Waals surface area (Å²) >= 11 is 5.85. The van der Waals surface area contributed by atoms with Crippen LogP contribution in [0.3, 0.4) is 0 Å². The Morgan fingerprint density at radius 2 is 2.33 bits per heavy atom. The Morgan fingerprint density at radius 3 is 3.21 bits per heavy atom. The third-order valence-electron chi connectivity index (χ3n) is 3.74. The molecule has 0 saturated heterocycles. The molecule has 0 saturated carbocycles. The van der Waals surface area contributed by atoms with Crippen LogP contribution in [0.4, 0.5) is 0 Å². The van der Waals surface area contributed by atoms with E-state index in [1.807, 2.05) is 13.0 Å². The van der Waals surface area contributed by atoms with Gasteiger partial charge in [0.2, 0.25) is 5.91 Å². The van der Waals surface area contributed by atoms with Gasteiger partial charge in [0.05, 0.1) is 12.4 Å². The second-order valence-corrected chi connectivity index (χ2v) is 5.94. The highest BCUT2D eigenvalue weighted by Gasteiger charge is 2.33. The monoisotopic (exact) mass is 344 g/mol. The van der Waals surface area contributed by atoms with E-state index in [-0.39, 0.29) is 17.6 Å². The normalized spacial score (nSPS) is 21.6. The van der Waals surface area contributed by atoms with Gasteiger partial charge in [0.1, 0.15) is 23.6 Å². The minimum Gasteiger partial charge on any atom is -0.348 e. The number of carbonyl (C=O) groups excluding carboxylic acids is 1. The van der Waals surface area contributed by atoms with Crippen molar-refractivity contribution >= 4 is 35.0 Å². The highest BCUT2D eigenvalue weighted by Crippen LogP contribution is 2.23. The molecule has 2 aromatic rings. The second-order valence-electron chi connectivity index (χ2n) is 5.55. The minimum absolute atomic E-state index is 0.00800. The first-order valence-electron chi connectivity index (χ1n) is 7.18. The van der Waals surface area contributed by atoms with Crippen LogP contribution in [0.5, 0.6) is 0 Å². The summed E-state index contributed by atoms with van der Waals surface area (Å²) in [7, 11) is 0. The number of halogens is 1. The first-order chi connectivity index (χ1) is 11.5. The molecule has 2 aliphatic rings. The number of hydrazone groups is 1. The van der Waals surface area contributed by atoms with Crippen molar-refractivity contribution in [1.29, 1.82) is 0 Å². The molecule has 10 heteroatoms. The van der Waals surface area contributed by atoms with Gasteiger partial charge in [-0.1, -0.05) is 11.6 Å². The van der Waals surface area contributed by atoms with E-state index in [1.165, 1.54) is 10.9 Å². The van der Waals surface area contributed by atoms with E-state index < -0.39 is 5.66 Å². The summed E-state index contributed by atoms with van der Waals surface area (Å²) < 4.78 is 1.46. The highest BCUT2D eigenvalue weighted by molar-refractivity contribution is 6.29. The van der Waals surface area contributed by atoms with Crippen molar-refractivity contribution in [3.63, 3.8) is 0 Å². The van der Waals surface area contributed by atoms with Gasteiger partial charge in [-0.2, -0.15) is 10.2 Å². The number of hydrogen-bond acceptors (Lipinski definition) is 7. The first-order valence-corrected chi connectivity index (χ1v) is 7.56. The molecule has 0 fully saturated rings. The lowest BCUT2D eigenvalue weighted by atomic mass is 10.1. The van der Waals surface area contributed by atoms with Crippen molar-refractivity contribution in [1.82, 2.24) is 35.4 Å². The first kappa shape index (κ1) is 14.6. The molecule has 2 aliphatic heterocycles. The van der Waals surface area contributed by atoms with Crippen LogP contribution in [0, 0.1) is 0 Å². The van der Waals surface area contributed by atoms with E-state index in [9.17, 15) is 4.79 Å². The largest absolute Gasteiger partial charge is 0.348 e. The van der Waals surface area contributed by atoms with Crippen molar-refractivity contribution < 1.29 is 4.79 Å². The number of nitrogens with zero attached hydrogens (tertiary/aromatic N) is 6. The lowest BCUT2D eigenvalue weighted by molar-refractivity contribution is -0.121. The third kappa shape index (κ3) is 2.48. The van der Waals surface area contributed by atoms with Gasteiger partial charge in [0.25, 0.3) is 0 Å². The maximum atomic E-state index is 12.3. The van der Waals surface area contributed by atoms with Crippen molar-refractivity contribution in [3.8, 4) is 0 Å². The number of aromatic nitrogens is 4. The molecule has 0 radical (unpaired) electrons. The molecule has 1 amide bonds. The molecule has 0 aromatic carbocycles. The van der Waals surface area contributed by atoms with Crippen molar-refractivity contribution in [2.24, 2.45) is 5.10 Å². The number of hydrogen-bond donors (Lipinski definition) is 2. The number of nitrogens with one attached hydrogen (secondary N) is 2. The second kappa shape index (κ2) is 5.31. The fourth-order valence-electron chi connectivity index (χ4n) is 2.57. The lowest BCUT2D eigenvalue weighted by Gasteiger charge is -2.32. The molecule has 0 aliphatic carbocycles. The average molecular weight is 345 g/mol. The third-order valence-corrected chi connectivity index (χ3v) is 3.92. The summed E-state index contributed by atoms with van der Waals surface area (Å²) in [6.45, 7) is 1.96. The van der Waals surface area contributed by atoms with Crippen LogP contribution in [-0.2, 0) is 11.3 Å². The maximum absolute atomic E-state index is 12.3. The Kier molecular flexibility index (Phi) is 3.24. The Balaban J connectivity index is 1.50. The zero-order chi connectivity index (χ0) is 16.7. The van der Waals surface area contributed by atoms with Crippen LogP contribution in [0.1, 0.15) is 6.92 Å². The number of amides is 1. The fourth-order valence-corrected chi connectivity index (χ4v) is 2.70. The zero-order valence-electron chi connectivity index (χ0n) is 12.6. The van der Waals surface area contributed by atoms with Crippen LogP contribution in [-0.4, -0.2) is 42.7 Å². The van der Waals surface area contributed by atoms with Crippen LogP contribution in [0.25, 0.3) is 11.2 Å². The van der Waals surface area contributed by atoms with Crippen LogP contribution >= 0.6 is 11.6 Å². The Bertz CT molecular complexity index is 917. The number of rotatable bonds is 3. The van der Waals surface area contributed by atoms with Crippen molar-refractivity contribution in [2.45, 2.75) is 19.1 Å². The smallest absolute Gasteiger partial charge is 0.246 e. The number of carbonyl (C=O) groups is 1. The molecular weight excluding hydrogens is 332 g/mol. The minimum atomic E-state index is -0.477. The van der Waals surface area contributed by atoms with E-state index in [4.69, 9.17) is 11.6 Å². The summed E-state index contributed by atoms with van der Waals surface area (Å²) in [6, 6.07) is 0. The van der Waals surface area contributed by atoms with Gasteiger partial charge in [-0.05, 0) is 19.1 Å². The van der Waals surface area contributed by atoms with Crippen molar-refractivity contribution in [3.05, 3.63) is 41.6 Å². The summed E-state index contributed by atoms with van der Waals surface area (Å²) in [5.41, 5.74) is 1.25. The lowest BCUT2D eigenvalue weighted by Crippen LogP contribution is -2.47. The predicted molar refractivity (Wildman–Crippen MR) is 87.6 cm³/mol. The molecule has 0 bridgehead atoms. The zero-order valence-corrected chi connectivity index (χ0v) is 13.4. The van der Waals surface area contributed by atoms with Gasteiger partial charge in [0, 0.05) is 11.9 Å². The fraction of sp³-hybridized carbons (Fsp3) is 0.214. The van der Waals surface area contributed by atoms with E-state index in [1.54, 1.807) is 29.8 Å². The van der Waals surface area contributed by atoms with Crippen LogP contribution < -0.4 is 10.6 Å². The molecule has 1 atom stereocenters. The van der Waals surface area contributed by atoms with Gasteiger partial charge >= 0.3 is 0 Å². The summed E-state index contributed by atoms with van der Waals surface area (Å²) in [4.78, 5) is 20.6. The van der Waals surface area contributed by atoms with E-state index >= 15 is 0 Å². The van der Waals surface area contributed by atoms with Gasteiger partial charge in [-0.25, -0.2) is 19.7 Å². The summed E-state index contributed by atoms with van der Waals surface area (Å²) in [5, 5.41) is 16.3. The number of allylic oxidation sites excluding steroid dienone is 1. The van der Waals surface area contributed by atoms with Gasteiger partial charge in [-0.3, -0.25) is 4.79 Å². The van der Waals surface area contributed by atoms with E-state index in [2.05, 4.69) is 30.8 Å². The standard InChI is InChI=1S/C14H13ClN8O/c1-14-4-9(2-3-23(14)19-8-17-14)20-12(24)7-22-13-10(5-18-22)16-6-11(15)21-13/h2-6,8H,7H2,1H3,(H,17,19)(H,20,24). The average Bonchev–Trinajstić information content (AvgIpc) is 3.10. The van der Waals surface area contributed by atoms with Gasteiger partial charge < -0.3 is 10.6 Å². The number of fused-ring (bicyclic) bond motifs is 2. The molecule has 2 aromatic heterocycles. The van der Waals surface area contributed by atoms with Crippen molar-refractivity contribution in [2.75, 3.05) is 0 Å². The molecule has 9 nitrogen and oxygen atoms in total. The predicted octanol–water partition coefficient (Wildman–Crippen LogP) is 0.572. The van der Waals surface area contributed by atoms with E-state index in [0.29, 0.717) is 16.9 Å². The maximum Gasteiger partial charge on any atom is 0.246 e. The molecule has 4 heterocycles. The summed E-state index contributed by atoms with van der Waals surface area (Å²) in [5.74, 6) is -0.228. The highest BCUT2D eigenvalue weighted by atomic mass is 35.5. The quantitative estimate of drug-likeness (QED) is 0.844. The molecule has 0 spiro atoms. The molecule has 4 rings (SSSR count). The Morgan fingerprint density at radius 1 is 1.46 bits per heavy atom. The molecule has 2 N–H and O–H groups in total. The molecule has 1 unspecified atom stereocenters. The van der Waals surface area contributed by atoms with Crippen LogP contribution in [0.2, 0.25) is 5.15 Å². The topological polar surface area (TPSA) is 100 Å². The van der Waals surface area contributed by atoms with Gasteiger partial charge in [0.15, 0.2) is 11.3 Å². The Hall–Kier alpha value is -2.94. The van der Waals surface area contributed by atoms with E-state index in [0.717, 1.165) is 0 Å². The molecular formula is C14H13ClN8O. The molecule has 24 heavy (non-hydrogen) atoms. The molecule has 122 valence electrons. The van der Waals surface area contributed by atoms with Gasteiger partial charge in [-0.15, -0.1) is 0 Å². The Labute approximate surface area is 141 Å². The summed E-state index contributed by atoms with van der Waals surface area (Å²) in [6.07, 6.45) is 10.1. The SMILES string of the molecule is CC12C=C(NC(=O)Cn3ncc4ncc(Cl)nc43)C=CN1N=CN2.